The van der Waals surface area contributed by atoms with Gasteiger partial charge in [0.05, 0.1) is 12.3 Å². The summed E-state index contributed by atoms with van der Waals surface area (Å²) < 4.78 is 5.64. The summed E-state index contributed by atoms with van der Waals surface area (Å²) in [6, 6.07) is 0. The molecular formula is C12H20N2OS. The van der Waals surface area contributed by atoms with Crippen LogP contribution in [0.25, 0.3) is 0 Å². The summed E-state index contributed by atoms with van der Waals surface area (Å²) in [5, 5.41) is 6.33. The summed E-state index contributed by atoms with van der Waals surface area (Å²) >= 11 is 1.70. The van der Waals surface area contributed by atoms with Gasteiger partial charge in [0.15, 0.2) is 0 Å². The molecular weight excluding hydrogens is 220 g/mol. The first-order chi connectivity index (χ1) is 7.88. The smallest absolute Gasteiger partial charge is 0.107 e. The third-order valence-corrected chi connectivity index (χ3v) is 3.97. The van der Waals surface area contributed by atoms with Gasteiger partial charge in [-0.2, -0.15) is 0 Å². The van der Waals surface area contributed by atoms with Crippen molar-refractivity contribution in [2.75, 3.05) is 13.7 Å². The predicted octanol–water partition coefficient (Wildman–Crippen LogP) is 2.57. The first-order valence-corrected chi connectivity index (χ1v) is 6.92. The molecule has 0 aromatic carbocycles. The van der Waals surface area contributed by atoms with Crippen molar-refractivity contribution in [2.45, 2.75) is 38.8 Å². The highest BCUT2D eigenvalue weighted by Crippen LogP contribution is 2.29. The van der Waals surface area contributed by atoms with E-state index >= 15 is 0 Å². The molecule has 0 aliphatic heterocycles. The molecule has 1 aliphatic carbocycles. The van der Waals surface area contributed by atoms with E-state index in [1.807, 2.05) is 7.05 Å². The van der Waals surface area contributed by atoms with Gasteiger partial charge in [-0.1, -0.05) is 19.3 Å². The molecule has 16 heavy (non-hydrogen) atoms. The Morgan fingerprint density at radius 2 is 2.44 bits per heavy atom. The van der Waals surface area contributed by atoms with Crippen LogP contribution in [0, 0.1) is 5.92 Å². The number of ether oxygens (including phenoxy) is 1. The van der Waals surface area contributed by atoms with E-state index in [0.717, 1.165) is 29.8 Å². The Bertz CT molecular complexity index is 310. The molecule has 1 aromatic rings. The van der Waals surface area contributed by atoms with Gasteiger partial charge in [-0.15, -0.1) is 11.3 Å². The number of thiazole rings is 1. The first kappa shape index (κ1) is 12.0. The standard InChI is InChI=1S/C12H20N2OS/c1-13-7-12-14-11(9-16-12)8-15-6-5-10-3-2-4-10/h9-10,13H,2-8H2,1H3. The van der Waals surface area contributed by atoms with Gasteiger partial charge in [0, 0.05) is 18.5 Å². The molecule has 0 bridgehead atoms. The minimum absolute atomic E-state index is 0.674. The zero-order valence-corrected chi connectivity index (χ0v) is 10.7. The highest BCUT2D eigenvalue weighted by atomic mass is 32.1. The predicted molar refractivity (Wildman–Crippen MR) is 66.5 cm³/mol. The van der Waals surface area contributed by atoms with Crippen LogP contribution in [-0.2, 0) is 17.9 Å². The van der Waals surface area contributed by atoms with Crippen LogP contribution in [-0.4, -0.2) is 18.6 Å². The lowest BCUT2D eigenvalue weighted by atomic mass is 9.83. The average Bonchev–Trinajstić information content (AvgIpc) is 2.63. The van der Waals surface area contributed by atoms with E-state index < -0.39 is 0 Å². The van der Waals surface area contributed by atoms with Crippen molar-refractivity contribution in [3.63, 3.8) is 0 Å². The topological polar surface area (TPSA) is 34.2 Å². The number of nitrogens with one attached hydrogen (secondary N) is 1. The lowest BCUT2D eigenvalue weighted by molar-refractivity contribution is 0.0931. The van der Waals surface area contributed by atoms with E-state index in [-0.39, 0.29) is 0 Å². The monoisotopic (exact) mass is 240 g/mol. The van der Waals surface area contributed by atoms with E-state index in [1.54, 1.807) is 11.3 Å². The molecule has 4 heteroatoms. The molecule has 90 valence electrons. The summed E-state index contributed by atoms with van der Waals surface area (Å²) in [5.41, 5.74) is 1.07. The van der Waals surface area contributed by atoms with E-state index in [1.165, 1.54) is 25.7 Å². The Kier molecular flexibility index (Phi) is 4.75. The molecule has 0 saturated heterocycles. The number of aromatic nitrogens is 1. The number of rotatable bonds is 7. The molecule has 0 unspecified atom stereocenters. The van der Waals surface area contributed by atoms with Crippen molar-refractivity contribution in [3.8, 4) is 0 Å². The molecule has 1 aliphatic rings. The molecule has 1 fully saturated rings. The molecule has 1 saturated carbocycles. The van der Waals surface area contributed by atoms with Gasteiger partial charge in [0.1, 0.15) is 5.01 Å². The normalized spacial score (nSPS) is 16.3. The van der Waals surface area contributed by atoms with Crippen LogP contribution in [0.3, 0.4) is 0 Å². The maximum atomic E-state index is 5.64. The third kappa shape index (κ3) is 3.54. The second-order valence-corrected chi connectivity index (χ2v) is 5.34. The summed E-state index contributed by atoms with van der Waals surface area (Å²) in [5.74, 6) is 0.940. The number of hydrogen-bond donors (Lipinski definition) is 1. The Hall–Kier alpha value is -0.450. The highest BCUT2D eigenvalue weighted by Gasteiger charge is 2.16. The van der Waals surface area contributed by atoms with E-state index in [9.17, 15) is 0 Å². The lowest BCUT2D eigenvalue weighted by Gasteiger charge is -2.24. The lowest BCUT2D eigenvalue weighted by Crippen LogP contribution is -2.13. The maximum absolute atomic E-state index is 5.64. The van der Waals surface area contributed by atoms with E-state index in [0.29, 0.717) is 6.61 Å². The van der Waals surface area contributed by atoms with Gasteiger partial charge in [0.25, 0.3) is 0 Å². The van der Waals surface area contributed by atoms with E-state index in [2.05, 4.69) is 15.7 Å². The van der Waals surface area contributed by atoms with Crippen LogP contribution < -0.4 is 5.32 Å². The fourth-order valence-electron chi connectivity index (χ4n) is 1.86. The molecule has 0 amide bonds. The van der Waals surface area contributed by atoms with Gasteiger partial charge < -0.3 is 10.1 Å². The zero-order chi connectivity index (χ0) is 11.2. The second kappa shape index (κ2) is 6.33. The van der Waals surface area contributed by atoms with Gasteiger partial charge in [-0.3, -0.25) is 0 Å². The first-order valence-electron chi connectivity index (χ1n) is 6.04. The van der Waals surface area contributed by atoms with Crippen molar-refractivity contribution in [1.82, 2.24) is 10.3 Å². The molecule has 0 spiro atoms. The summed E-state index contributed by atoms with van der Waals surface area (Å²) in [4.78, 5) is 4.48. The highest BCUT2D eigenvalue weighted by molar-refractivity contribution is 7.09. The van der Waals surface area contributed by atoms with Crippen LogP contribution in [0.1, 0.15) is 36.4 Å². The number of hydrogen-bond acceptors (Lipinski definition) is 4. The molecule has 0 atom stereocenters. The van der Waals surface area contributed by atoms with Crippen LogP contribution >= 0.6 is 11.3 Å². The van der Waals surface area contributed by atoms with Crippen LogP contribution in [0.5, 0.6) is 0 Å². The fraction of sp³-hybridized carbons (Fsp3) is 0.750. The Labute approximate surface area is 101 Å². The minimum Gasteiger partial charge on any atom is -0.375 e. The van der Waals surface area contributed by atoms with Crippen molar-refractivity contribution in [3.05, 3.63) is 16.1 Å². The molecule has 1 aromatic heterocycles. The molecule has 1 heterocycles. The molecule has 0 radical (unpaired) electrons. The Balaban J connectivity index is 1.60. The average molecular weight is 240 g/mol. The van der Waals surface area contributed by atoms with Crippen molar-refractivity contribution >= 4 is 11.3 Å². The van der Waals surface area contributed by atoms with Crippen molar-refractivity contribution in [2.24, 2.45) is 5.92 Å². The SMILES string of the molecule is CNCc1nc(COCCC2CCC2)cs1. The zero-order valence-electron chi connectivity index (χ0n) is 9.87. The maximum Gasteiger partial charge on any atom is 0.107 e. The summed E-state index contributed by atoms with van der Waals surface area (Å²) in [7, 11) is 1.94. The molecule has 1 N–H and O–H groups in total. The second-order valence-electron chi connectivity index (χ2n) is 4.40. The fourth-order valence-corrected chi connectivity index (χ4v) is 2.65. The van der Waals surface area contributed by atoms with Crippen molar-refractivity contribution < 1.29 is 4.74 Å². The van der Waals surface area contributed by atoms with Gasteiger partial charge in [0.2, 0.25) is 0 Å². The van der Waals surface area contributed by atoms with Crippen molar-refractivity contribution in [1.29, 1.82) is 0 Å². The van der Waals surface area contributed by atoms with Gasteiger partial charge in [-0.05, 0) is 19.4 Å². The molecule has 2 rings (SSSR count). The quantitative estimate of drug-likeness (QED) is 0.744. The van der Waals surface area contributed by atoms with E-state index in [4.69, 9.17) is 4.74 Å². The van der Waals surface area contributed by atoms with Crippen LogP contribution in [0.15, 0.2) is 5.38 Å². The minimum atomic E-state index is 0.674. The van der Waals surface area contributed by atoms with Crippen LogP contribution in [0.4, 0.5) is 0 Å². The van der Waals surface area contributed by atoms with Gasteiger partial charge in [-0.25, -0.2) is 4.98 Å². The van der Waals surface area contributed by atoms with Crippen LogP contribution in [0.2, 0.25) is 0 Å². The number of nitrogens with zero attached hydrogens (tertiary/aromatic N) is 1. The third-order valence-electron chi connectivity index (χ3n) is 3.07. The Morgan fingerprint density at radius 3 is 3.12 bits per heavy atom. The Morgan fingerprint density at radius 1 is 1.56 bits per heavy atom. The van der Waals surface area contributed by atoms with Gasteiger partial charge >= 0.3 is 0 Å². The molecule has 3 nitrogen and oxygen atoms in total. The summed E-state index contributed by atoms with van der Waals surface area (Å²) in [6.45, 7) is 2.42. The summed E-state index contributed by atoms with van der Waals surface area (Å²) in [6.07, 6.45) is 5.47. The largest absolute Gasteiger partial charge is 0.375 e.